The summed E-state index contributed by atoms with van der Waals surface area (Å²) in [6.45, 7) is 1.85. The molecule has 1 aliphatic carbocycles. The monoisotopic (exact) mass is 435 g/mol. The Balaban J connectivity index is 1.99. The van der Waals surface area contributed by atoms with Gasteiger partial charge in [-0.3, -0.25) is 4.79 Å². The molecule has 0 bridgehead atoms. The standard InChI is InChI=1S/C20H23F6N3O/c1-18(2,20(24,25)26)10-15(30)28-17-16(12-6-4-3-5-7-12)29-11-13(19(21,22)23)8-9-14(29)27-17/h8-9,11-12H,3-7,10H2,1-2H3,(H,28,30). The Bertz CT molecular complexity index is 923. The molecule has 4 nitrogen and oxygen atoms in total. The highest BCUT2D eigenvalue weighted by molar-refractivity contribution is 5.91. The fraction of sp³-hybridized carbons (Fsp3) is 0.600. The number of alkyl halides is 6. The van der Waals surface area contributed by atoms with Crippen molar-refractivity contribution < 1.29 is 31.1 Å². The van der Waals surface area contributed by atoms with Crippen LogP contribution in [0, 0.1) is 5.41 Å². The first-order valence-electron chi connectivity index (χ1n) is 9.75. The van der Waals surface area contributed by atoms with E-state index < -0.39 is 35.7 Å². The summed E-state index contributed by atoms with van der Waals surface area (Å²) in [5.41, 5.74) is -2.49. The number of anilines is 1. The van der Waals surface area contributed by atoms with Crippen LogP contribution in [0.3, 0.4) is 0 Å². The lowest BCUT2D eigenvalue weighted by molar-refractivity contribution is -0.213. The molecule has 2 aromatic rings. The van der Waals surface area contributed by atoms with E-state index in [1.165, 1.54) is 10.5 Å². The van der Waals surface area contributed by atoms with Crippen LogP contribution in [0.1, 0.15) is 69.5 Å². The number of carbonyl (C=O) groups is 1. The minimum atomic E-state index is -4.57. The van der Waals surface area contributed by atoms with Crippen molar-refractivity contribution in [3.05, 3.63) is 29.6 Å². The number of fused-ring (bicyclic) bond motifs is 1. The van der Waals surface area contributed by atoms with Gasteiger partial charge in [-0.25, -0.2) is 4.98 Å². The van der Waals surface area contributed by atoms with E-state index in [2.05, 4.69) is 10.3 Å². The average Bonchev–Trinajstić information content (AvgIpc) is 2.96. The summed E-state index contributed by atoms with van der Waals surface area (Å²) >= 11 is 0. The van der Waals surface area contributed by atoms with Crippen molar-refractivity contribution in [1.82, 2.24) is 9.38 Å². The summed E-state index contributed by atoms with van der Waals surface area (Å²) in [5.74, 6) is -0.985. The largest absolute Gasteiger partial charge is 0.417 e. The summed E-state index contributed by atoms with van der Waals surface area (Å²) in [5, 5.41) is 2.43. The number of aromatic nitrogens is 2. The summed E-state index contributed by atoms with van der Waals surface area (Å²) in [6.07, 6.45) is -4.83. The molecule has 0 radical (unpaired) electrons. The van der Waals surface area contributed by atoms with Gasteiger partial charge in [-0.05, 0) is 25.0 Å². The van der Waals surface area contributed by atoms with E-state index in [1.54, 1.807) is 0 Å². The molecule has 1 amide bonds. The first-order chi connectivity index (χ1) is 13.8. The Kier molecular flexibility index (Phi) is 5.81. The maximum absolute atomic E-state index is 13.2. The second-order valence-electron chi connectivity index (χ2n) is 8.43. The van der Waals surface area contributed by atoms with Gasteiger partial charge in [0, 0.05) is 18.5 Å². The summed E-state index contributed by atoms with van der Waals surface area (Å²) < 4.78 is 80.3. The van der Waals surface area contributed by atoms with E-state index in [0.717, 1.165) is 45.4 Å². The Morgan fingerprint density at radius 1 is 1.10 bits per heavy atom. The van der Waals surface area contributed by atoms with Crippen LogP contribution in [0.15, 0.2) is 18.3 Å². The Morgan fingerprint density at radius 3 is 2.30 bits per heavy atom. The fourth-order valence-corrected chi connectivity index (χ4v) is 3.77. The van der Waals surface area contributed by atoms with Crippen LogP contribution < -0.4 is 5.32 Å². The molecule has 30 heavy (non-hydrogen) atoms. The van der Waals surface area contributed by atoms with Gasteiger partial charge >= 0.3 is 12.4 Å². The maximum atomic E-state index is 13.2. The van der Waals surface area contributed by atoms with Crippen LogP contribution in [0.25, 0.3) is 5.65 Å². The topological polar surface area (TPSA) is 46.4 Å². The van der Waals surface area contributed by atoms with Crippen LogP contribution >= 0.6 is 0 Å². The molecule has 0 saturated heterocycles. The van der Waals surface area contributed by atoms with Gasteiger partial charge in [0.15, 0.2) is 5.82 Å². The molecule has 0 aliphatic heterocycles. The van der Waals surface area contributed by atoms with Crippen molar-refractivity contribution in [2.24, 2.45) is 5.41 Å². The number of nitrogens with zero attached hydrogens (tertiary/aromatic N) is 2. The Hall–Kier alpha value is -2.26. The Morgan fingerprint density at radius 2 is 1.73 bits per heavy atom. The number of imidazole rings is 1. The molecule has 3 rings (SSSR count). The van der Waals surface area contributed by atoms with E-state index in [4.69, 9.17) is 0 Å². The average molecular weight is 435 g/mol. The number of pyridine rings is 1. The third kappa shape index (κ3) is 4.57. The van der Waals surface area contributed by atoms with Crippen LogP contribution in [0.4, 0.5) is 32.2 Å². The normalized spacial score (nSPS) is 16.8. The molecule has 1 fully saturated rings. The SMILES string of the molecule is CC(C)(CC(=O)Nc1nc2ccc(C(F)(F)F)cn2c1C1CCCCC1)C(F)(F)F. The van der Waals surface area contributed by atoms with Gasteiger partial charge in [-0.15, -0.1) is 0 Å². The fourth-order valence-electron chi connectivity index (χ4n) is 3.77. The molecule has 0 aromatic carbocycles. The van der Waals surface area contributed by atoms with Crippen molar-refractivity contribution in [3.63, 3.8) is 0 Å². The molecule has 1 aliphatic rings. The van der Waals surface area contributed by atoms with Gasteiger partial charge in [-0.1, -0.05) is 33.1 Å². The molecule has 166 valence electrons. The third-order valence-corrected chi connectivity index (χ3v) is 5.60. The maximum Gasteiger partial charge on any atom is 0.417 e. The predicted molar refractivity (Wildman–Crippen MR) is 99.1 cm³/mol. The smallest absolute Gasteiger partial charge is 0.309 e. The van der Waals surface area contributed by atoms with Crippen molar-refractivity contribution in [2.45, 2.75) is 70.6 Å². The number of amides is 1. The number of hydrogen-bond acceptors (Lipinski definition) is 2. The van der Waals surface area contributed by atoms with Gasteiger partial charge < -0.3 is 9.72 Å². The second kappa shape index (κ2) is 7.77. The molecular weight excluding hydrogens is 412 g/mol. The molecule has 1 N–H and O–H groups in total. The van der Waals surface area contributed by atoms with Gasteiger partial charge in [-0.2, -0.15) is 26.3 Å². The Labute approximate surface area is 169 Å². The molecular formula is C20H23F6N3O. The molecule has 0 unspecified atom stereocenters. The zero-order chi connectivity index (χ0) is 22.3. The lowest BCUT2D eigenvalue weighted by Gasteiger charge is -2.27. The lowest BCUT2D eigenvalue weighted by Crippen LogP contribution is -2.36. The van der Waals surface area contributed by atoms with E-state index in [9.17, 15) is 31.1 Å². The molecule has 0 atom stereocenters. The zero-order valence-electron chi connectivity index (χ0n) is 16.6. The summed E-state index contributed by atoms with van der Waals surface area (Å²) in [4.78, 5) is 16.6. The zero-order valence-corrected chi connectivity index (χ0v) is 16.6. The van der Waals surface area contributed by atoms with Crippen LogP contribution in [-0.2, 0) is 11.0 Å². The van der Waals surface area contributed by atoms with Crippen LogP contribution in [0.5, 0.6) is 0 Å². The van der Waals surface area contributed by atoms with E-state index in [0.29, 0.717) is 18.5 Å². The summed E-state index contributed by atoms with van der Waals surface area (Å²) in [6, 6.07) is 2.09. The molecule has 0 spiro atoms. The van der Waals surface area contributed by atoms with Gasteiger partial charge in [0.1, 0.15) is 5.65 Å². The molecule has 2 heterocycles. The first-order valence-corrected chi connectivity index (χ1v) is 9.75. The van der Waals surface area contributed by atoms with Crippen molar-refractivity contribution in [1.29, 1.82) is 0 Å². The summed E-state index contributed by atoms with van der Waals surface area (Å²) in [7, 11) is 0. The van der Waals surface area contributed by atoms with Crippen LogP contribution in [-0.4, -0.2) is 21.5 Å². The number of hydrogen-bond donors (Lipinski definition) is 1. The van der Waals surface area contributed by atoms with Gasteiger partial charge in [0.2, 0.25) is 5.91 Å². The van der Waals surface area contributed by atoms with E-state index >= 15 is 0 Å². The highest BCUT2D eigenvalue weighted by Gasteiger charge is 2.48. The number of nitrogens with one attached hydrogen (secondary N) is 1. The third-order valence-electron chi connectivity index (χ3n) is 5.60. The van der Waals surface area contributed by atoms with Crippen LogP contribution in [0.2, 0.25) is 0 Å². The van der Waals surface area contributed by atoms with Crippen molar-refractivity contribution in [2.75, 3.05) is 5.32 Å². The minimum absolute atomic E-state index is 0.0317. The van der Waals surface area contributed by atoms with Crippen molar-refractivity contribution in [3.8, 4) is 0 Å². The molecule has 10 heteroatoms. The highest BCUT2D eigenvalue weighted by atomic mass is 19.4. The van der Waals surface area contributed by atoms with Crippen molar-refractivity contribution >= 4 is 17.4 Å². The lowest BCUT2D eigenvalue weighted by atomic mass is 9.86. The van der Waals surface area contributed by atoms with E-state index in [-0.39, 0.29) is 17.4 Å². The first kappa shape index (κ1) is 22.4. The van der Waals surface area contributed by atoms with Gasteiger partial charge in [0.05, 0.1) is 16.7 Å². The number of halogens is 6. The quantitative estimate of drug-likeness (QED) is 0.572. The molecule has 1 saturated carbocycles. The van der Waals surface area contributed by atoms with E-state index in [1.807, 2.05) is 0 Å². The minimum Gasteiger partial charge on any atom is -0.309 e. The predicted octanol–water partition coefficient (Wildman–Crippen LogP) is 6.32. The second-order valence-corrected chi connectivity index (χ2v) is 8.43. The van der Waals surface area contributed by atoms with Gasteiger partial charge in [0.25, 0.3) is 0 Å². The number of carbonyl (C=O) groups excluding carboxylic acids is 1. The highest BCUT2D eigenvalue weighted by Crippen LogP contribution is 2.41. The number of rotatable bonds is 4. The molecule has 2 aromatic heterocycles.